The molecule has 0 bridgehead atoms. The van der Waals surface area contributed by atoms with Gasteiger partial charge >= 0.3 is 0 Å². The standard InChI is InChI=1S/C19H17N5S/c1-2-4-14(5-3-1)18-20-10-15-11-23(7-6-17(15)22-18)12-16-13-24-8-9-25-19(24)21-16/h1-5,8-10,13H,6-7,11-12H2. The van der Waals surface area contributed by atoms with Crippen LogP contribution in [0.1, 0.15) is 17.0 Å². The van der Waals surface area contributed by atoms with Crippen molar-refractivity contribution in [2.75, 3.05) is 6.54 Å². The molecular formula is C19H17N5S. The zero-order valence-electron chi connectivity index (χ0n) is 13.7. The summed E-state index contributed by atoms with van der Waals surface area (Å²) >= 11 is 1.67. The van der Waals surface area contributed by atoms with Gasteiger partial charge in [-0.1, -0.05) is 30.3 Å². The molecule has 0 amide bonds. The Labute approximate surface area is 149 Å². The van der Waals surface area contributed by atoms with Crippen molar-refractivity contribution in [3.05, 3.63) is 71.3 Å². The number of hydrogen-bond acceptors (Lipinski definition) is 5. The Morgan fingerprint density at radius 2 is 2.04 bits per heavy atom. The van der Waals surface area contributed by atoms with Crippen LogP contribution in [-0.4, -0.2) is 30.8 Å². The second kappa shape index (κ2) is 6.06. The predicted octanol–water partition coefficient (Wildman–Crippen LogP) is 3.41. The number of rotatable bonds is 3. The van der Waals surface area contributed by atoms with E-state index in [9.17, 15) is 0 Å². The van der Waals surface area contributed by atoms with E-state index >= 15 is 0 Å². The van der Waals surface area contributed by atoms with E-state index in [0.29, 0.717) is 0 Å². The van der Waals surface area contributed by atoms with Crippen molar-refractivity contribution >= 4 is 16.3 Å². The zero-order chi connectivity index (χ0) is 16.6. The number of nitrogens with zero attached hydrogens (tertiary/aromatic N) is 5. The van der Waals surface area contributed by atoms with E-state index in [2.05, 4.69) is 49.2 Å². The highest BCUT2D eigenvalue weighted by Crippen LogP contribution is 2.22. The summed E-state index contributed by atoms with van der Waals surface area (Å²) in [6.45, 7) is 2.76. The Morgan fingerprint density at radius 3 is 2.92 bits per heavy atom. The van der Waals surface area contributed by atoms with Gasteiger partial charge in [0.25, 0.3) is 0 Å². The van der Waals surface area contributed by atoms with Gasteiger partial charge in [0.05, 0.1) is 11.4 Å². The monoisotopic (exact) mass is 347 g/mol. The van der Waals surface area contributed by atoms with Gasteiger partial charge in [0.15, 0.2) is 10.8 Å². The minimum Gasteiger partial charge on any atom is -0.297 e. The maximum absolute atomic E-state index is 4.80. The molecule has 5 nitrogen and oxygen atoms in total. The van der Waals surface area contributed by atoms with Gasteiger partial charge in [-0.05, 0) is 0 Å². The van der Waals surface area contributed by atoms with Crippen LogP contribution in [0.25, 0.3) is 16.3 Å². The first-order valence-corrected chi connectivity index (χ1v) is 9.27. The summed E-state index contributed by atoms with van der Waals surface area (Å²) in [4.78, 5) is 17.5. The molecule has 124 valence electrons. The summed E-state index contributed by atoms with van der Waals surface area (Å²) < 4.78 is 2.09. The van der Waals surface area contributed by atoms with Gasteiger partial charge in [-0.15, -0.1) is 11.3 Å². The van der Waals surface area contributed by atoms with Gasteiger partial charge in [-0.3, -0.25) is 9.30 Å². The first kappa shape index (κ1) is 14.7. The van der Waals surface area contributed by atoms with Crippen LogP contribution in [-0.2, 0) is 19.5 Å². The Hall–Kier alpha value is -2.57. The summed E-state index contributed by atoms with van der Waals surface area (Å²) in [5.74, 6) is 0.821. The molecule has 5 rings (SSSR count). The van der Waals surface area contributed by atoms with Gasteiger partial charge in [0.2, 0.25) is 0 Å². The Bertz CT molecular complexity index is 992. The van der Waals surface area contributed by atoms with Crippen LogP contribution in [0, 0.1) is 0 Å². The van der Waals surface area contributed by atoms with Gasteiger partial charge in [0, 0.05) is 61.2 Å². The Balaban J connectivity index is 1.35. The molecule has 1 aliphatic heterocycles. The van der Waals surface area contributed by atoms with Crippen molar-refractivity contribution in [3.63, 3.8) is 0 Å². The minimum atomic E-state index is 0.821. The topological polar surface area (TPSA) is 46.3 Å². The maximum Gasteiger partial charge on any atom is 0.193 e. The summed E-state index contributed by atoms with van der Waals surface area (Å²) in [7, 11) is 0. The van der Waals surface area contributed by atoms with E-state index in [1.54, 1.807) is 11.3 Å². The molecule has 4 heterocycles. The van der Waals surface area contributed by atoms with Crippen molar-refractivity contribution in [1.29, 1.82) is 0 Å². The molecule has 0 fully saturated rings. The molecule has 1 aromatic carbocycles. The van der Waals surface area contributed by atoms with Gasteiger partial charge in [0.1, 0.15) is 0 Å². The average molecular weight is 347 g/mol. The smallest absolute Gasteiger partial charge is 0.193 e. The molecule has 0 N–H and O–H groups in total. The number of aromatic nitrogens is 4. The number of fused-ring (bicyclic) bond motifs is 2. The lowest BCUT2D eigenvalue weighted by atomic mass is 10.1. The lowest BCUT2D eigenvalue weighted by Crippen LogP contribution is -2.31. The summed E-state index contributed by atoms with van der Waals surface area (Å²) in [5, 5.41) is 2.06. The van der Waals surface area contributed by atoms with E-state index in [0.717, 1.165) is 48.1 Å². The highest BCUT2D eigenvalue weighted by Gasteiger charge is 2.19. The van der Waals surface area contributed by atoms with E-state index < -0.39 is 0 Å². The van der Waals surface area contributed by atoms with Crippen LogP contribution in [0.15, 0.2) is 54.3 Å². The molecule has 4 aromatic rings. The first-order chi connectivity index (χ1) is 12.3. The van der Waals surface area contributed by atoms with Gasteiger partial charge in [-0.25, -0.2) is 15.0 Å². The maximum atomic E-state index is 4.80. The Kier molecular flexibility index (Phi) is 3.57. The van der Waals surface area contributed by atoms with Crippen molar-refractivity contribution in [1.82, 2.24) is 24.3 Å². The second-order valence-corrected chi connectivity index (χ2v) is 7.19. The fourth-order valence-corrected chi connectivity index (χ4v) is 4.04. The molecule has 0 saturated carbocycles. The van der Waals surface area contributed by atoms with Crippen LogP contribution < -0.4 is 0 Å². The van der Waals surface area contributed by atoms with Crippen molar-refractivity contribution in [2.24, 2.45) is 0 Å². The molecule has 0 saturated heterocycles. The molecule has 0 unspecified atom stereocenters. The quantitative estimate of drug-likeness (QED) is 0.570. The third kappa shape index (κ3) is 2.83. The van der Waals surface area contributed by atoms with Crippen LogP contribution >= 0.6 is 11.3 Å². The molecule has 25 heavy (non-hydrogen) atoms. The summed E-state index contributed by atoms with van der Waals surface area (Å²) in [6, 6.07) is 10.2. The number of hydrogen-bond donors (Lipinski definition) is 0. The normalized spacial score (nSPS) is 14.7. The lowest BCUT2D eigenvalue weighted by Gasteiger charge is -2.27. The van der Waals surface area contributed by atoms with E-state index in [4.69, 9.17) is 4.98 Å². The van der Waals surface area contributed by atoms with Crippen LogP contribution in [0.2, 0.25) is 0 Å². The lowest BCUT2D eigenvalue weighted by molar-refractivity contribution is 0.240. The fourth-order valence-electron chi connectivity index (χ4n) is 3.32. The van der Waals surface area contributed by atoms with Gasteiger partial charge in [-0.2, -0.15) is 0 Å². The molecule has 0 atom stereocenters. The second-order valence-electron chi connectivity index (χ2n) is 6.32. The first-order valence-electron chi connectivity index (χ1n) is 8.39. The zero-order valence-corrected chi connectivity index (χ0v) is 14.5. The van der Waals surface area contributed by atoms with E-state index in [1.165, 1.54) is 11.3 Å². The largest absolute Gasteiger partial charge is 0.297 e. The average Bonchev–Trinajstić information content (AvgIpc) is 3.23. The van der Waals surface area contributed by atoms with Crippen LogP contribution in [0.3, 0.4) is 0 Å². The van der Waals surface area contributed by atoms with Crippen molar-refractivity contribution in [3.8, 4) is 11.4 Å². The molecule has 1 aliphatic rings. The third-order valence-electron chi connectivity index (χ3n) is 4.57. The van der Waals surface area contributed by atoms with E-state index in [1.807, 2.05) is 24.4 Å². The highest BCUT2D eigenvalue weighted by molar-refractivity contribution is 7.15. The molecule has 3 aromatic heterocycles. The molecule has 6 heteroatoms. The predicted molar refractivity (Wildman–Crippen MR) is 98.4 cm³/mol. The molecule has 0 spiro atoms. The molecule has 0 aliphatic carbocycles. The number of benzene rings is 1. The van der Waals surface area contributed by atoms with Gasteiger partial charge < -0.3 is 0 Å². The fraction of sp³-hybridized carbons (Fsp3) is 0.211. The van der Waals surface area contributed by atoms with Crippen molar-refractivity contribution in [2.45, 2.75) is 19.5 Å². The van der Waals surface area contributed by atoms with Crippen molar-refractivity contribution < 1.29 is 0 Å². The SMILES string of the molecule is c1ccc(-c2ncc3c(n2)CCN(Cc2cn4ccsc4n2)C3)cc1. The van der Waals surface area contributed by atoms with E-state index in [-0.39, 0.29) is 0 Å². The molecule has 0 radical (unpaired) electrons. The molecular weight excluding hydrogens is 330 g/mol. The number of imidazole rings is 1. The summed E-state index contributed by atoms with van der Waals surface area (Å²) in [6.07, 6.45) is 7.12. The van der Waals surface area contributed by atoms with Crippen LogP contribution in [0.4, 0.5) is 0 Å². The summed E-state index contributed by atoms with van der Waals surface area (Å²) in [5.41, 5.74) is 4.60. The Morgan fingerprint density at radius 1 is 1.12 bits per heavy atom. The third-order valence-corrected chi connectivity index (χ3v) is 5.34. The highest BCUT2D eigenvalue weighted by atomic mass is 32.1. The van der Waals surface area contributed by atoms with Crippen LogP contribution in [0.5, 0.6) is 0 Å². The number of thiazole rings is 1. The minimum absolute atomic E-state index is 0.821.